The van der Waals surface area contributed by atoms with Gasteiger partial charge in [-0.25, -0.2) is 4.79 Å². The van der Waals surface area contributed by atoms with Crippen LogP contribution >= 0.6 is 22.6 Å². The summed E-state index contributed by atoms with van der Waals surface area (Å²) in [6.45, 7) is 21.5. The zero-order valence-electron chi connectivity index (χ0n) is 50.6. The van der Waals surface area contributed by atoms with E-state index >= 15 is 0 Å². The van der Waals surface area contributed by atoms with Crippen LogP contribution in [-0.4, -0.2) is 208 Å². The average Bonchev–Trinajstić information content (AvgIpc) is 3.36. The van der Waals surface area contributed by atoms with Crippen molar-refractivity contribution in [2.24, 2.45) is 5.92 Å². The Balaban J connectivity index is 2.16. The molecule has 2 rings (SSSR count). The first-order valence-corrected chi connectivity index (χ1v) is 29.6. The predicted molar refractivity (Wildman–Crippen MR) is 315 cm³/mol. The summed E-state index contributed by atoms with van der Waals surface area (Å²) < 4.78 is 28.0. The highest BCUT2D eigenvalue weighted by Gasteiger charge is 2.29. The number of unbranched alkanes of at least 4 members (excludes halogenated alkanes) is 2. The number of amides is 4. The van der Waals surface area contributed by atoms with Crippen LogP contribution in [0.15, 0.2) is 24.3 Å². The molecule has 1 heterocycles. The van der Waals surface area contributed by atoms with Crippen molar-refractivity contribution in [2.75, 3.05) is 106 Å². The first-order chi connectivity index (χ1) is 37.9. The Morgan fingerprint density at radius 2 is 0.901 bits per heavy atom. The number of nitrogens with zero attached hydrogens (tertiary/aromatic N) is 4. The van der Waals surface area contributed by atoms with Crippen LogP contribution in [0.3, 0.4) is 0 Å². The van der Waals surface area contributed by atoms with E-state index in [1.54, 1.807) is 69.2 Å². The van der Waals surface area contributed by atoms with E-state index < -0.39 is 76.5 Å². The molecule has 0 saturated carbocycles. The van der Waals surface area contributed by atoms with Crippen LogP contribution in [0.1, 0.15) is 139 Å². The van der Waals surface area contributed by atoms with Gasteiger partial charge in [0.25, 0.3) is 0 Å². The molecule has 0 aromatic heterocycles. The molecular formula is C58H97IN8O14. The molecule has 0 aliphatic carbocycles. The smallest absolute Gasteiger partial charge is 0.328 e. The second-order valence-electron chi connectivity index (χ2n) is 23.7. The highest BCUT2D eigenvalue weighted by atomic mass is 127. The number of carbonyl (C=O) groups is 9. The number of rotatable bonds is 30. The van der Waals surface area contributed by atoms with E-state index in [1.807, 2.05) is 31.7 Å². The van der Waals surface area contributed by atoms with E-state index in [0.717, 1.165) is 9.99 Å². The van der Waals surface area contributed by atoms with E-state index in [4.69, 9.17) is 23.7 Å². The summed E-state index contributed by atoms with van der Waals surface area (Å²) in [6, 6.07) is 6.09. The molecule has 460 valence electrons. The Kier molecular flexibility index (Phi) is 33.2. The molecule has 81 heavy (non-hydrogen) atoms. The molecule has 1 aromatic carbocycles. The lowest BCUT2D eigenvalue weighted by atomic mass is 10.0. The van der Waals surface area contributed by atoms with Gasteiger partial charge in [-0.1, -0.05) is 19.1 Å². The van der Waals surface area contributed by atoms with Crippen molar-refractivity contribution in [1.29, 1.82) is 0 Å². The number of halogens is 1. The highest BCUT2D eigenvalue weighted by Crippen LogP contribution is 2.15. The van der Waals surface area contributed by atoms with E-state index in [9.17, 15) is 43.2 Å². The van der Waals surface area contributed by atoms with Crippen molar-refractivity contribution in [3.05, 3.63) is 33.4 Å². The van der Waals surface area contributed by atoms with Crippen LogP contribution < -0.4 is 21.3 Å². The number of hydrogen-bond donors (Lipinski definition) is 4. The monoisotopic (exact) mass is 1260 g/mol. The highest BCUT2D eigenvalue weighted by molar-refractivity contribution is 14.1. The normalized spacial score (nSPS) is 15.8. The Hall–Kier alpha value is -4.98. The third-order valence-electron chi connectivity index (χ3n) is 12.7. The van der Waals surface area contributed by atoms with Gasteiger partial charge in [0.1, 0.15) is 28.9 Å². The van der Waals surface area contributed by atoms with Crippen LogP contribution in [0.25, 0.3) is 0 Å². The van der Waals surface area contributed by atoms with Crippen molar-refractivity contribution in [3.63, 3.8) is 0 Å². The number of carbonyl (C=O) groups excluding carboxylic acids is 9. The number of nitrogens with one attached hydrogen (secondary N) is 4. The van der Waals surface area contributed by atoms with Crippen LogP contribution in [0.4, 0.5) is 0 Å². The van der Waals surface area contributed by atoms with E-state index in [2.05, 4.69) is 56.0 Å². The van der Waals surface area contributed by atoms with E-state index in [-0.39, 0.29) is 70.2 Å². The summed E-state index contributed by atoms with van der Waals surface area (Å²) >= 11 is 2.25. The lowest BCUT2D eigenvalue weighted by Crippen LogP contribution is -2.52. The Morgan fingerprint density at radius 3 is 1.32 bits per heavy atom. The fourth-order valence-electron chi connectivity index (χ4n) is 8.60. The Labute approximate surface area is 495 Å². The molecule has 0 spiro atoms. The number of benzene rings is 1. The van der Waals surface area contributed by atoms with Crippen molar-refractivity contribution < 1.29 is 66.8 Å². The molecule has 1 aliphatic heterocycles. The van der Waals surface area contributed by atoms with Crippen molar-refractivity contribution in [1.82, 2.24) is 40.9 Å². The molecule has 22 nitrogen and oxygen atoms in total. The molecule has 1 aromatic rings. The molecule has 1 saturated heterocycles. The standard InChI is InChI=1S/C58H97IN8O14/c1-42(54(75)77-11)22-27-48(69)62-45(53(74)63-46(55(76)78-12)20-14-16-28-60-47(68)21-17-18-43-23-25-44(59)26-24-43)19-13-15-29-61-49(70)38-64-30-32-65(39-50(71)79-56(2,3)4)34-36-67(41-52(73)81-58(8,9)10)37-35-66(33-31-64)40-51(72)80-57(5,6)7/h23-26,42,45-46H,13-22,27-41H2,1-12H3,(H,60,68)(H,61,70)(H,62,69)(H,63,74). The largest absolute Gasteiger partial charge is 0.469 e. The Morgan fingerprint density at radius 1 is 0.494 bits per heavy atom. The van der Waals surface area contributed by atoms with E-state index in [0.29, 0.717) is 97.4 Å². The van der Waals surface area contributed by atoms with Gasteiger partial charge in [-0.2, -0.15) is 0 Å². The van der Waals surface area contributed by atoms with Gasteiger partial charge in [0.05, 0.1) is 46.3 Å². The second kappa shape index (κ2) is 37.3. The van der Waals surface area contributed by atoms with Crippen LogP contribution in [0.2, 0.25) is 0 Å². The zero-order valence-corrected chi connectivity index (χ0v) is 52.8. The molecule has 23 heteroatoms. The number of ether oxygens (including phenoxy) is 5. The van der Waals surface area contributed by atoms with Crippen LogP contribution in [-0.2, 0) is 73.3 Å². The maximum Gasteiger partial charge on any atom is 0.328 e. The summed E-state index contributed by atoms with van der Waals surface area (Å²) in [6.07, 6.45) is 4.22. The summed E-state index contributed by atoms with van der Waals surface area (Å²) in [4.78, 5) is 126. The fourth-order valence-corrected chi connectivity index (χ4v) is 8.96. The molecular weight excluding hydrogens is 1160 g/mol. The van der Waals surface area contributed by atoms with Gasteiger partial charge in [-0.15, -0.1) is 0 Å². The summed E-state index contributed by atoms with van der Waals surface area (Å²) in [5.74, 6) is -4.31. The Bertz CT molecular complexity index is 2100. The number of hydrogen-bond acceptors (Lipinski definition) is 18. The predicted octanol–water partition coefficient (Wildman–Crippen LogP) is 4.17. The summed E-state index contributed by atoms with van der Waals surface area (Å²) in [5, 5.41) is 11.4. The number of methoxy groups -OCH3 is 2. The topological polar surface area (TPSA) is 261 Å². The summed E-state index contributed by atoms with van der Waals surface area (Å²) in [5.41, 5.74) is -0.937. The van der Waals surface area contributed by atoms with Gasteiger partial charge < -0.3 is 45.0 Å². The molecule has 0 bridgehead atoms. The van der Waals surface area contributed by atoms with Crippen LogP contribution in [0.5, 0.6) is 0 Å². The minimum Gasteiger partial charge on any atom is -0.469 e. The SMILES string of the molecule is COC(=O)C(C)CCC(=O)NC(CCCCNC(=O)CN1CCN(CC(=O)OC(C)(C)C)CCN(CC(=O)OC(C)(C)C)CCN(CC(=O)OC(C)(C)C)CC1)C(=O)NC(CCCCNC(=O)CCCc1ccc(I)cc1)C(=O)OC. The number of esters is 5. The summed E-state index contributed by atoms with van der Waals surface area (Å²) in [7, 11) is 2.49. The minimum absolute atomic E-state index is 0.000964. The first-order valence-electron chi connectivity index (χ1n) is 28.5. The van der Waals surface area contributed by atoms with Crippen LogP contribution in [0, 0.1) is 9.49 Å². The maximum absolute atomic E-state index is 13.9. The van der Waals surface area contributed by atoms with Gasteiger partial charge in [-0.05, 0) is 160 Å². The van der Waals surface area contributed by atoms with Crippen molar-refractivity contribution >= 4 is 76.1 Å². The van der Waals surface area contributed by atoms with Gasteiger partial charge in [0.2, 0.25) is 23.6 Å². The molecule has 3 atom stereocenters. The lowest BCUT2D eigenvalue weighted by Gasteiger charge is -2.34. The van der Waals surface area contributed by atoms with Crippen molar-refractivity contribution in [2.45, 2.75) is 169 Å². The van der Waals surface area contributed by atoms with Gasteiger partial charge in [0.15, 0.2) is 0 Å². The molecule has 1 aliphatic rings. The minimum atomic E-state index is -1.06. The maximum atomic E-state index is 13.9. The van der Waals surface area contributed by atoms with Crippen molar-refractivity contribution in [3.8, 4) is 0 Å². The zero-order chi connectivity index (χ0) is 60.8. The average molecular weight is 1260 g/mol. The quantitative estimate of drug-likeness (QED) is 0.0365. The number of aryl methyl sites for hydroxylation is 1. The third kappa shape index (κ3) is 34.9. The van der Waals surface area contributed by atoms with Gasteiger partial charge in [0, 0.05) is 81.9 Å². The molecule has 4 N–H and O–H groups in total. The second-order valence-corrected chi connectivity index (χ2v) is 24.9. The third-order valence-corrected chi connectivity index (χ3v) is 13.5. The van der Waals surface area contributed by atoms with E-state index in [1.165, 1.54) is 19.8 Å². The van der Waals surface area contributed by atoms with Gasteiger partial charge >= 0.3 is 29.8 Å². The lowest BCUT2D eigenvalue weighted by molar-refractivity contribution is -0.158. The molecule has 0 radical (unpaired) electrons. The molecule has 4 amide bonds. The first kappa shape index (κ1) is 72.1. The molecule has 1 fully saturated rings. The fraction of sp³-hybridized carbons (Fsp3) is 0.741. The molecule has 3 unspecified atom stereocenters. The van der Waals surface area contributed by atoms with Gasteiger partial charge in [-0.3, -0.25) is 58.0 Å².